The molecule has 0 aliphatic heterocycles. The maximum atomic E-state index is 14.2. The Morgan fingerprint density at radius 2 is 1.76 bits per heavy atom. The lowest BCUT2D eigenvalue weighted by Crippen LogP contribution is -2.29. The number of carbonyl (C=O) groups excluding carboxylic acids is 3. The number of rotatable bonds is 4. The van der Waals surface area contributed by atoms with Crippen LogP contribution in [0, 0.1) is 5.92 Å². The average molecular weight is 358 g/mol. The molecular weight excluding hydrogens is 344 g/mol. The summed E-state index contributed by atoms with van der Waals surface area (Å²) in [6, 6.07) is 3.13. The predicted molar refractivity (Wildman–Crippen MR) is 78.3 cm³/mol. The van der Waals surface area contributed by atoms with Gasteiger partial charge in [0, 0.05) is 18.4 Å². The number of allylic oxidation sites excluding steroid dienone is 2. The van der Waals surface area contributed by atoms with Crippen LogP contribution in [0.4, 0.5) is 17.6 Å². The predicted octanol–water partition coefficient (Wildman–Crippen LogP) is 3.65. The van der Waals surface area contributed by atoms with Crippen molar-refractivity contribution in [1.82, 2.24) is 0 Å². The molecule has 1 unspecified atom stereocenters. The molecule has 0 aromatic heterocycles. The van der Waals surface area contributed by atoms with Gasteiger partial charge in [-0.1, -0.05) is 12.1 Å². The normalized spacial score (nSPS) is 18.3. The average Bonchev–Trinajstić information content (AvgIpc) is 2.53. The molecule has 1 aliphatic carbocycles. The van der Waals surface area contributed by atoms with E-state index in [0.29, 0.717) is 12.1 Å². The molecule has 25 heavy (non-hydrogen) atoms. The van der Waals surface area contributed by atoms with Gasteiger partial charge in [-0.05, 0) is 19.1 Å². The smallest absolute Gasteiger partial charge is 0.416 e. The highest BCUT2D eigenvalue weighted by Gasteiger charge is 2.37. The third-order valence-corrected chi connectivity index (χ3v) is 3.73. The van der Waals surface area contributed by atoms with E-state index >= 15 is 0 Å². The topological polar surface area (TPSA) is 60.4 Å². The Bertz CT molecular complexity index is 732. The largest absolute Gasteiger partial charge is 0.466 e. The number of carbonyl (C=O) groups is 3. The van der Waals surface area contributed by atoms with Gasteiger partial charge in [0.1, 0.15) is 5.83 Å². The lowest BCUT2D eigenvalue weighted by molar-refractivity contribution is -0.149. The van der Waals surface area contributed by atoms with E-state index in [9.17, 15) is 31.9 Å². The van der Waals surface area contributed by atoms with Crippen LogP contribution >= 0.6 is 0 Å². The zero-order valence-electron chi connectivity index (χ0n) is 13.2. The van der Waals surface area contributed by atoms with Gasteiger partial charge in [-0.25, -0.2) is 4.39 Å². The summed E-state index contributed by atoms with van der Waals surface area (Å²) in [5.74, 6) is -4.66. The number of benzene rings is 1. The van der Waals surface area contributed by atoms with Crippen LogP contribution in [0.5, 0.6) is 0 Å². The Kier molecular flexibility index (Phi) is 5.39. The zero-order chi connectivity index (χ0) is 18.8. The van der Waals surface area contributed by atoms with E-state index in [2.05, 4.69) is 0 Å². The molecule has 0 saturated heterocycles. The maximum absolute atomic E-state index is 14.2. The summed E-state index contributed by atoms with van der Waals surface area (Å²) in [6.07, 6.45) is -5.40. The minimum Gasteiger partial charge on any atom is -0.466 e. The quantitative estimate of drug-likeness (QED) is 0.357. The fourth-order valence-electron chi connectivity index (χ4n) is 2.50. The van der Waals surface area contributed by atoms with Crippen LogP contribution in [0.25, 0.3) is 0 Å². The molecule has 0 saturated carbocycles. The summed E-state index contributed by atoms with van der Waals surface area (Å²) in [6.45, 7) is 1.64. The number of ether oxygens (including phenoxy) is 1. The van der Waals surface area contributed by atoms with Gasteiger partial charge in [0.2, 0.25) is 0 Å². The Morgan fingerprint density at radius 3 is 2.24 bits per heavy atom. The van der Waals surface area contributed by atoms with Crippen LogP contribution in [0.3, 0.4) is 0 Å². The SMILES string of the molecule is CCOC(=O)C1CC(=O)C(C(=O)c2ccc(C(F)(F)F)cc2)=C(F)C1. The molecule has 0 N–H and O–H groups in total. The van der Waals surface area contributed by atoms with E-state index in [4.69, 9.17) is 4.74 Å². The van der Waals surface area contributed by atoms with Crippen LogP contribution in [0.15, 0.2) is 35.7 Å². The molecule has 0 amide bonds. The molecule has 1 atom stereocenters. The summed E-state index contributed by atoms with van der Waals surface area (Å²) in [5, 5.41) is 0. The van der Waals surface area contributed by atoms with Crippen molar-refractivity contribution in [3.05, 3.63) is 46.8 Å². The highest BCUT2D eigenvalue weighted by molar-refractivity contribution is 6.27. The van der Waals surface area contributed by atoms with Crippen molar-refractivity contribution in [2.75, 3.05) is 6.61 Å². The van der Waals surface area contributed by atoms with Crippen LogP contribution in [0.1, 0.15) is 35.7 Å². The second-order valence-corrected chi connectivity index (χ2v) is 5.46. The first-order valence-corrected chi connectivity index (χ1v) is 7.45. The third kappa shape index (κ3) is 4.12. The summed E-state index contributed by atoms with van der Waals surface area (Å²) in [7, 11) is 0. The lowest BCUT2D eigenvalue weighted by Gasteiger charge is -2.20. The molecule has 0 heterocycles. The van der Waals surface area contributed by atoms with Gasteiger partial charge in [0.15, 0.2) is 11.6 Å². The fourth-order valence-corrected chi connectivity index (χ4v) is 2.50. The minimum absolute atomic E-state index is 0.0756. The molecule has 1 aromatic carbocycles. The van der Waals surface area contributed by atoms with E-state index in [0.717, 1.165) is 12.1 Å². The Morgan fingerprint density at radius 1 is 1.16 bits per heavy atom. The van der Waals surface area contributed by atoms with E-state index in [-0.39, 0.29) is 18.6 Å². The fraction of sp³-hybridized carbons (Fsp3) is 0.353. The number of esters is 1. The monoisotopic (exact) mass is 358 g/mol. The summed E-state index contributed by atoms with van der Waals surface area (Å²) in [5.41, 5.74) is -1.92. The van der Waals surface area contributed by atoms with E-state index < -0.39 is 53.0 Å². The van der Waals surface area contributed by atoms with Gasteiger partial charge in [0.05, 0.1) is 23.7 Å². The van der Waals surface area contributed by atoms with E-state index in [1.807, 2.05) is 0 Å². The molecule has 0 spiro atoms. The first kappa shape index (κ1) is 18.8. The minimum atomic E-state index is -4.57. The summed E-state index contributed by atoms with van der Waals surface area (Å²) >= 11 is 0. The first-order valence-electron chi connectivity index (χ1n) is 7.45. The molecule has 0 fully saturated rings. The highest BCUT2D eigenvalue weighted by atomic mass is 19.4. The standard InChI is InChI=1S/C17H14F4O4/c1-2-25-16(24)10-7-12(18)14(13(22)8-10)15(23)9-3-5-11(6-4-9)17(19,20)21/h3-6,10H,2,7-8H2,1H3. The Hall–Kier alpha value is -2.51. The second kappa shape index (κ2) is 7.16. The number of hydrogen-bond acceptors (Lipinski definition) is 4. The third-order valence-electron chi connectivity index (χ3n) is 3.73. The lowest BCUT2D eigenvalue weighted by atomic mass is 9.84. The number of hydrogen-bond donors (Lipinski definition) is 0. The number of ketones is 2. The Balaban J connectivity index is 2.25. The van der Waals surface area contributed by atoms with Crippen molar-refractivity contribution in [2.24, 2.45) is 5.92 Å². The maximum Gasteiger partial charge on any atom is 0.416 e. The van der Waals surface area contributed by atoms with Crippen molar-refractivity contribution in [3.63, 3.8) is 0 Å². The zero-order valence-corrected chi connectivity index (χ0v) is 13.2. The molecule has 2 rings (SSSR count). The van der Waals surface area contributed by atoms with Gasteiger partial charge < -0.3 is 4.74 Å². The van der Waals surface area contributed by atoms with Gasteiger partial charge in [-0.15, -0.1) is 0 Å². The number of Topliss-reactive ketones (excluding diaryl/α,β-unsaturated/α-hetero) is 2. The van der Waals surface area contributed by atoms with E-state index in [1.165, 1.54) is 0 Å². The number of alkyl halides is 3. The first-order chi connectivity index (χ1) is 11.6. The van der Waals surface area contributed by atoms with Gasteiger partial charge >= 0.3 is 12.1 Å². The van der Waals surface area contributed by atoms with Crippen molar-refractivity contribution >= 4 is 17.5 Å². The molecule has 4 nitrogen and oxygen atoms in total. The van der Waals surface area contributed by atoms with Crippen LogP contribution in [-0.4, -0.2) is 24.1 Å². The van der Waals surface area contributed by atoms with Crippen molar-refractivity contribution in [3.8, 4) is 0 Å². The summed E-state index contributed by atoms with van der Waals surface area (Å²) in [4.78, 5) is 35.9. The molecule has 0 radical (unpaired) electrons. The van der Waals surface area contributed by atoms with Gasteiger partial charge in [-0.3, -0.25) is 14.4 Å². The van der Waals surface area contributed by atoms with Crippen LogP contribution in [-0.2, 0) is 20.5 Å². The molecule has 0 bridgehead atoms. The second-order valence-electron chi connectivity index (χ2n) is 5.46. The molecule has 134 valence electrons. The highest BCUT2D eigenvalue weighted by Crippen LogP contribution is 2.32. The number of halogens is 4. The van der Waals surface area contributed by atoms with E-state index in [1.54, 1.807) is 6.92 Å². The molecular formula is C17H14F4O4. The molecule has 1 aliphatic rings. The van der Waals surface area contributed by atoms with Crippen molar-refractivity contribution < 1.29 is 36.7 Å². The van der Waals surface area contributed by atoms with Crippen molar-refractivity contribution in [1.29, 1.82) is 0 Å². The summed E-state index contributed by atoms with van der Waals surface area (Å²) < 4.78 is 56.5. The van der Waals surface area contributed by atoms with Crippen molar-refractivity contribution in [2.45, 2.75) is 25.9 Å². The Labute approximate surface area is 140 Å². The van der Waals surface area contributed by atoms with Crippen LogP contribution < -0.4 is 0 Å². The van der Waals surface area contributed by atoms with Crippen LogP contribution in [0.2, 0.25) is 0 Å². The van der Waals surface area contributed by atoms with Gasteiger partial charge in [-0.2, -0.15) is 13.2 Å². The molecule has 8 heteroatoms. The van der Waals surface area contributed by atoms with Gasteiger partial charge in [0.25, 0.3) is 0 Å². The molecule has 1 aromatic rings.